The van der Waals surface area contributed by atoms with E-state index in [0.29, 0.717) is 22.8 Å². The highest BCUT2D eigenvalue weighted by atomic mass is 28.3. The van der Waals surface area contributed by atoms with E-state index in [1.54, 1.807) is 0 Å². The van der Waals surface area contributed by atoms with Crippen LogP contribution < -0.4 is 9.75 Å². The molecule has 7 rings (SSSR count). The van der Waals surface area contributed by atoms with Gasteiger partial charge in [0.1, 0.15) is 18.2 Å². The first kappa shape index (κ1) is 24.1. The molecule has 2 heterocycles. The van der Waals surface area contributed by atoms with Crippen LogP contribution in [0.5, 0.6) is 0 Å². The van der Waals surface area contributed by atoms with Gasteiger partial charge >= 0.3 is 0 Å². The Hall–Kier alpha value is -4.72. The molecule has 41 heavy (non-hydrogen) atoms. The van der Waals surface area contributed by atoms with Gasteiger partial charge in [-0.15, -0.1) is 0 Å². The number of aromatic nitrogens is 1. The van der Waals surface area contributed by atoms with Crippen molar-refractivity contribution in [1.82, 2.24) is 0 Å². The largest absolute Gasteiger partial charge is 0.454 e. The molecule has 198 valence electrons. The molecule has 0 unspecified atom stereocenters. The van der Waals surface area contributed by atoms with Gasteiger partial charge in [-0.05, 0) is 57.8 Å². The van der Waals surface area contributed by atoms with Crippen molar-refractivity contribution in [1.29, 1.82) is 5.26 Å². The van der Waals surface area contributed by atoms with Crippen molar-refractivity contribution in [2.45, 2.75) is 26.6 Å². The molecule has 2 aromatic heterocycles. The number of pyridine rings is 1. The molecule has 0 amide bonds. The van der Waals surface area contributed by atoms with Crippen LogP contribution in [0.4, 0.5) is 0 Å². The minimum absolute atomic E-state index is 0.401. The van der Waals surface area contributed by atoms with Crippen LogP contribution >= 0.6 is 0 Å². The van der Waals surface area contributed by atoms with E-state index in [1.807, 2.05) is 48.5 Å². The van der Waals surface area contributed by atoms with Crippen LogP contribution in [0.15, 0.2) is 102 Å². The molecule has 7 aromatic rings. The fraction of sp³-hybridized carbons (Fsp3) is 0.135. The van der Waals surface area contributed by atoms with Crippen LogP contribution in [0.3, 0.4) is 0 Å². The quantitative estimate of drug-likeness (QED) is 0.126. The summed E-state index contributed by atoms with van der Waals surface area (Å²) in [4.78, 5) is 0. The van der Waals surface area contributed by atoms with Crippen LogP contribution in [-0.2, 0) is 7.05 Å². The molecule has 0 N–H and O–H groups in total. The first-order valence-corrected chi connectivity index (χ1v) is 17.5. The van der Waals surface area contributed by atoms with E-state index >= 15 is 0 Å². The highest BCUT2D eigenvalue weighted by Crippen LogP contribution is 2.44. The number of benzene rings is 5. The number of rotatable bonds is 3. The minimum atomic E-state index is -1.48. The third kappa shape index (κ3) is 3.88. The summed E-state index contributed by atoms with van der Waals surface area (Å²) in [6, 6.07) is 31.6. The number of nitriles is 1. The van der Waals surface area contributed by atoms with Gasteiger partial charge in [0.15, 0.2) is 6.20 Å². The Labute approximate surface area is 242 Å². The molecule has 4 heteroatoms. The van der Waals surface area contributed by atoms with Crippen LogP contribution in [0.25, 0.3) is 65.9 Å². The number of aryl methyl sites for hydroxylation is 2. The number of furan rings is 1. The van der Waals surface area contributed by atoms with Gasteiger partial charge in [0, 0.05) is 27.6 Å². The van der Waals surface area contributed by atoms with Gasteiger partial charge in [-0.2, -0.15) is 5.26 Å². The summed E-state index contributed by atoms with van der Waals surface area (Å²) in [5.74, 6) is 0. The normalized spacial score (nSPS) is 12.3. The van der Waals surface area contributed by atoms with Crippen molar-refractivity contribution in [2.75, 3.05) is 0 Å². The second kappa shape index (κ2) is 9.16. The van der Waals surface area contributed by atoms with Gasteiger partial charge in [0.25, 0.3) is 0 Å². The lowest BCUT2D eigenvalue weighted by Crippen LogP contribution is -2.45. The van der Waals surface area contributed by atoms with Gasteiger partial charge < -0.3 is 4.42 Å². The monoisotopic (exact) mass is 548 g/mol. The van der Waals surface area contributed by atoms with Crippen LogP contribution in [0.2, 0.25) is 19.6 Å². The second-order valence-corrected chi connectivity index (χ2v) is 17.0. The van der Waals surface area contributed by atoms with E-state index in [4.69, 9.17) is 4.42 Å². The average molecular weight is 549 g/mol. The molecule has 0 radical (unpaired) electrons. The van der Waals surface area contributed by atoms with Gasteiger partial charge in [-0.3, -0.25) is 0 Å². The van der Waals surface area contributed by atoms with Crippen molar-refractivity contribution in [3.05, 3.63) is 108 Å². The number of nitrogens with zero attached hydrogens (tertiary/aromatic N) is 2. The molecule has 0 spiro atoms. The number of fused-ring (bicyclic) bond motifs is 6. The molecule has 0 saturated carbocycles. The van der Waals surface area contributed by atoms with E-state index in [0.717, 1.165) is 60.3 Å². The van der Waals surface area contributed by atoms with Crippen molar-refractivity contribution in [3.8, 4) is 28.5 Å². The molecule has 0 fully saturated rings. The van der Waals surface area contributed by atoms with Crippen molar-refractivity contribution in [3.63, 3.8) is 0 Å². The maximum absolute atomic E-state index is 10.3. The first-order chi connectivity index (χ1) is 20.2. The fourth-order valence-electron chi connectivity index (χ4n) is 6.13. The van der Waals surface area contributed by atoms with E-state index < -0.39 is 8.07 Å². The van der Waals surface area contributed by atoms with Crippen molar-refractivity contribution < 1.29 is 10.4 Å². The van der Waals surface area contributed by atoms with Gasteiger partial charge in [0.2, 0.25) is 5.69 Å². The number of hydrogen-bond donors (Lipinski definition) is 0. The van der Waals surface area contributed by atoms with Gasteiger partial charge in [-0.25, -0.2) is 4.57 Å². The smallest absolute Gasteiger partial charge is 0.216 e. The topological polar surface area (TPSA) is 40.8 Å². The van der Waals surface area contributed by atoms with E-state index in [1.165, 1.54) is 5.19 Å². The Kier molecular flexibility index (Phi) is 5.38. The Bertz CT molecular complexity index is 2290. The van der Waals surface area contributed by atoms with Crippen LogP contribution in [0, 0.1) is 18.3 Å². The summed E-state index contributed by atoms with van der Waals surface area (Å²) in [7, 11) is 0.626. The third-order valence-corrected chi connectivity index (χ3v) is 10.3. The molecule has 0 aliphatic rings. The maximum Gasteiger partial charge on any atom is 0.216 e. The highest BCUT2D eigenvalue weighted by Gasteiger charge is 2.26. The average Bonchev–Trinajstić information content (AvgIpc) is 3.36. The summed E-state index contributed by atoms with van der Waals surface area (Å²) >= 11 is 0. The zero-order valence-electron chi connectivity index (χ0n) is 25.0. The minimum Gasteiger partial charge on any atom is -0.454 e. The second-order valence-electron chi connectivity index (χ2n) is 12.0. The summed E-state index contributed by atoms with van der Waals surface area (Å²) in [6.07, 6.45) is 2.26. The fourth-order valence-corrected chi connectivity index (χ4v) is 7.30. The highest BCUT2D eigenvalue weighted by molar-refractivity contribution is 6.88. The molecular weight excluding hydrogens is 517 g/mol. The number of hydrogen-bond acceptors (Lipinski definition) is 2. The van der Waals surface area contributed by atoms with E-state index in [9.17, 15) is 6.63 Å². The molecule has 0 aliphatic carbocycles. The molecule has 0 aliphatic heterocycles. The zero-order valence-corrected chi connectivity index (χ0v) is 25.0. The van der Waals surface area contributed by atoms with Gasteiger partial charge in [-0.1, -0.05) is 86.4 Å². The predicted octanol–water partition coefficient (Wildman–Crippen LogP) is 8.78. The van der Waals surface area contributed by atoms with Crippen LogP contribution in [0.1, 0.15) is 12.5 Å². The predicted molar refractivity (Wildman–Crippen MR) is 173 cm³/mol. The molecule has 3 nitrogen and oxygen atoms in total. The van der Waals surface area contributed by atoms with Gasteiger partial charge in [0.05, 0.1) is 26.6 Å². The Morgan fingerprint density at radius 2 is 1.41 bits per heavy atom. The third-order valence-electron chi connectivity index (χ3n) is 8.32. The molecule has 5 aromatic carbocycles. The standard InChI is InChI=1S/C37H31N2OSi/c1-23-14-17-30-31-18-15-25(21-38)35(32-20-24-10-6-7-11-27(24)28-12-8-9-13-29(28)32)37(31)40-36(30)34(23)33-19-16-26(22-39(33)2)41(3,4)5/h6-20,22H,1-5H3/q+1/i20D. The zero-order chi connectivity index (χ0) is 29.3. The Morgan fingerprint density at radius 3 is 2.12 bits per heavy atom. The van der Waals surface area contributed by atoms with E-state index in [-0.39, 0.29) is 0 Å². The lowest BCUT2D eigenvalue weighted by Gasteiger charge is -2.15. The summed E-state index contributed by atoms with van der Waals surface area (Å²) in [5, 5.41) is 17.6. The lowest BCUT2D eigenvalue weighted by molar-refractivity contribution is -0.659. The van der Waals surface area contributed by atoms with E-state index in [2.05, 4.69) is 86.8 Å². The molecule has 0 saturated heterocycles. The molecular formula is C37H31N2OSi+. The SMILES string of the molecule is [2H]c1c(-c2c(C#N)ccc3c2oc2c(-c4ccc([Si](C)(C)C)c[n+]4C)c(C)ccc23)c2ccccc2c2ccccc12. The first-order valence-electron chi connectivity index (χ1n) is 14.5. The summed E-state index contributed by atoms with van der Waals surface area (Å²) in [6.45, 7) is 9.20. The maximum atomic E-state index is 10.3. The van der Waals surface area contributed by atoms with Crippen molar-refractivity contribution in [2.24, 2.45) is 7.05 Å². The summed E-state index contributed by atoms with van der Waals surface area (Å²) in [5.41, 5.74) is 6.61. The lowest BCUT2D eigenvalue weighted by atomic mass is 9.90. The van der Waals surface area contributed by atoms with Crippen LogP contribution in [-0.4, -0.2) is 8.07 Å². The molecule has 0 atom stereocenters. The summed E-state index contributed by atoms with van der Waals surface area (Å²) < 4.78 is 18.5. The Morgan fingerprint density at radius 1 is 0.756 bits per heavy atom. The Balaban J connectivity index is 1.61. The molecule has 0 bridgehead atoms. The van der Waals surface area contributed by atoms with Crippen molar-refractivity contribution >= 4 is 56.7 Å².